The van der Waals surface area contributed by atoms with Crippen molar-refractivity contribution in [2.45, 2.75) is 36.7 Å². The van der Waals surface area contributed by atoms with E-state index in [0.717, 1.165) is 0 Å². The monoisotopic (exact) mass is 370 g/mol. The molecular weight excluding hydrogens is 365 g/mol. The molecule has 0 rings (SSSR count). The third kappa shape index (κ3) is 4.68. The molecule has 0 fully saturated rings. The normalized spacial score (nSPS) is 14.7. The van der Waals surface area contributed by atoms with Crippen molar-refractivity contribution in [3.8, 4) is 0 Å². The molecule has 0 radical (unpaired) electrons. The summed E-state index contributed by atoms with van der Waals surface area (Å²) in [6.45, 7) is 2.14. The molecule has 1 N–H and O–H groups in total. The molecule has 0 amide bonds. The quantitative estimate of drug-likeness (QED) is 0.543. The number of alkyl halides is 11. The van der Waals surface area contributed by atoms with Crippen molar-refractivity contribution in [2.24, 2.45) is 0 Å². The second-order valence-corrected chi connectivity index (χ2v) is 3.99. The van der Waals surface area contributed by atoms with Crippen molar-refractivity contribution in [3.05, 3.63) is 12.2 Å². The third-order valence-corrected chi connectivity index (χ3v) is 2.13. The van der Waals surface area contributed by atoms with Gasteiger partial charge in [0.25, 0.3) is 5.92 Å². The van der Waals surface area contributed by atoms with Gasteiger partial charge in [-0.05, 0) is 0 Å². The molecule has 0 heterocycles. The maximum atomic E-state index is 13.0. The number of ether oxygens (including phenoxy) is 1. The smallest absolute Gasteiger partial charge is 0.462 e. The molecule has 0 saturated heterocycles. The fourth-order valence-corrected chi connectivity index (χ4v) is 0.974. The van der Waals surface area contributed by atoms with E-state index in [1.165, 1.54) is 0 Å². The predicted octanol–water partition coefficient (Wildman–Crippen LogP) is 4.05. The molecule has 0 spiro atoms. The number of hydrogen-bond acceptors (Lipinski definition) is 2. The van der Waals surface area contributed by atoms with Gasteiger partial charge in [0.15, 0.2) is 0 Å². The molecule has 14 heteroatoms. The van der Waals surface area contributed by atoms with Crippen LogP contribution in [0.5, 0.6) is 0 Å². The van der Waals surface area contributed by atoms with Crippen LogP contribution in [0.2, 0.25) is 0 Å². The van der Waals surface area contributed by atoms with E-state index in [2.05, 4.69) is 6.58 Å². The maximum absolute atomic E-state index is 13.0. The molecule has 136 valence electrons. The van der Waals surface area contributed by atoms with Gasteiger partial charge in [-0.2, -0.15) is 39.5 Å². The molecule has 0 aliphatic heterocycles. The van der Waals surface area contributed by atoms with Gasteiger partial charge in [-0.1, -0.05) is 6.58 Å². The summed E-state index contributed by atoms with van der Waals surface area (Å²) < 4.78 is 138. The highest BCUT2D eigenvalue weighted by molar-refractivity contribution is 5.87. The summed E-state index contributed by atoms with van der Waals surface area (Å²) in [7, 11) is 0. The lowest BCUT2D eigenvalue weighted by molar-refractivity contribution is -0.475. The zero-order valence-corrected chi connectivity index (χ0v) is 10.3. The van der Waals surface area contributed by atoms with Crippen molar-refractivity contribution in [2.75, 3.05) is 0 Å². The largest absolute Gasteiger partial charge is 0.478 e. The first-order chi connectivity index (χ1) is 9.77. The summed E-state index contributed by atoms with van der Waals surface area (Å²) in [5, 5.41) is 8.10. The Balaban J connectivity index is 5.41. The van der Waals surface area contributed by atoms with E-state index in [0.29, 0.717) is 0 Å². The van der Waals surface area contributed by atoms with E-state index in [1.807, 2.05) is 4.74 Å². The van der Waals surface area contributed by atoms with Crippen LogP contribution in [-0.2, 0) is 9.53 Å². The molecule has 0 aliphatic carbocycles. The van der Waals surface area contributed by atoms with E-state index in [-0.39, 0.29) is 0 Å². The molecule has 0 unspecified atom stereocenters. The Morgan fingerprint density at radius 1 is 0.913 bits per heavy atom. The molecule has 0 saturated carbocycles. The molecule has 0 aliphatic rings. The van der Waals surface area contributed by atoms with Gasteiger partial charge < -0.3 is 5.11 Å². The van der Waals surface area contributed by atoms with Gasteiger partial charge in [0, 0.05) is 0 Å². The van der Waals surface area contributed by atoms with Crippen LogP contribution in [0.3, 0.4) is 0 Å². The van der Waals surface area contributed by atoms with Crippen molar-refractivity contribution in [3.63, 3.8) is 0 Å². The average molecular weight is 370 g/mol. The number of carbonyl (C=O) groups is 1. The minimum absolute atomic E-state index is 1.93. The number of rotatable bonds is 7. The van der Waals surface area contributed by atoms with Crippen LogP contribution in [-0.4, -0.2) is 41.3 Å². The number of carboxylic acids is 1. The van der Waals surface area contributed by atoms with Gasteiger partial charge in [-0.25, -0.2) is 18.3 Å². The van der Waals surface area contributed by atoms with E-state index in [9.17, 15) is 53.1 Å². The highest BCUT2D eigenvalue weighted by Gasteiger charge is 2.76. The zero-order chi connectivity index (χ0) is 19.1. The van der Waals surface area contributed by atoms with E-state index in [1.54, 1.807) is 0 Å². The number of hydrogen-bond donors (Lipinski definition) is 1. The molecule has 0 aromatic heterocycles. The van der Waals surface area contributed by atoms with E-state index in [4.69, 9.17) is 5.11 Å². The van der Waals surface area contributed by atoms with Gasteiger partial charge in [-0.3, -0.25) is 0 Å². The molecule has 0 aromatic rings. The standard InChI is InChI=1S/C9H5F11O3/c1-3(4(21)22)5(10,11)2-6(12,13)23-9(19,20)7(14,15)8(16,17)18/h1-2H2,(H,21,22). The van der Waals surface area contributed by atoms with Crippen LogP contribution in [0.4, 0.5) is 48.3 Å². The Hall–Kier alpha value is -1.60. The van der Waals surface area contributed by atoms with Gasteiger partial charge in [0.05, 0.1) is 5.57 Å². The Bertz CT molecular complexity index is 480. The summed E-state index contributed by atoms with van der Waals surface area (Å²) in [4.78, 5) is 10.1. The molecule has 23 heavy (non-hydrogen) atoms. The first-order valence-corrected chi connectivity index (χ1v) is 4.98. The minimum Gasteiger partial charge on any atom is -0.478 e. The number of halogens is 11. The molecule has 3 nitrogen and oxygen atoms in total. The first-order valence-electron chi connectivity index (χ1n) is 4.98. The van der Waals surface area contributed by atoms with Crippen molar-refractivity contribution in [1.82, 2.24) is 0 Å². The van der Waals surface area contributed by atoms with Crippen LogP contribution >= 0.6 is 0 Å². The number of carboxylic acid groups (broad SMARTS) is 1. The average Bonchev–Trinajstić information content (AvgIpc) is 2.22. The van der Waals surface area contributed by atoms with Crippen LogP contribution in [0, 0.1) is 0 Å². The lowest BCUT2D eigenvalue weighted by Gasteiger charge is -2.31. The summed E-state index contributed by atoms with van der Waals surface area (Å²) in [5.41, 5.74) is -2.24. The summed E-state index contributed by atoms with van der Waals surface area (Å²) >= 11 is 0. The number of aliphatic carboxylic acids is 1. The van der Waals surface area contributed by atoms with Crippen LogP contribution in [0.1, 0.15) is 6.42 Å². The van der Waals surface area contributed by atoms with Crippen LogP contribution in [0.15, 0.2) is 12.2 Å². The van der Waals surface area contributed by atoms with Gasteiger partial charge >= 0.3 is 30.3 Å². The Morgan fingerprint density at radius 3 is 1.61 bits per heavy atom. The molecular formula is C9H5F11O3. The first kappa shape index (κ1) is 21.4. The summed E-state index contributed by atoms with van der Waals surface area (Å²) in [5.74, 6) is -14.8. The van der Waals surface area contributed by atoms with Crippen LogP contribution < -0.4 is 0 Å². The van der Waals surface area contributed by atoms with Gasteiger partial charge in [0.2, 0.25) is 0 Å². The minimum atomic E-state index is -7.12. The highest BCUT2D eigenvalue weighted by atomic mass is 19.4. The van der Waals surface area contributed by atoms with E-state index < -0.39 is 48.2 Å². The lowest BCUT2D eigenvalue weighted by atomic mass is 10.1. The summed E-state index contributed by atoms with van der Waals surface area (Å²) in [6.07, 6.45) is -23.1. The maximum Gasteiger partial charge on any atom is 0.462 e. The van der Waals surface area contributed by atoms with Gasteiger partial charge in [-0.15, -0.1) is 0 Å². The lowest BCUT2D eigenvalue weighted by Crippen LogP contribution is -2.56. The fraction of sp³-hybridized carbons (Fsp3) is 0.667. The van der Waals surface area contributed by atoms with E-state index >= 15 is 0 Å². The zero-order valence-electron chi connectivity index (χ0n) is 10.3. The third-order valence-electron chi connectivity index (χ3n) is 2.13. The summed E-state index contributed by atoms with van der Waals surface area (Å²) in [6, 6.07) is 0. The topological polar surface area (TPSA) is 46.5 Å². The van der Waals surface area contributed by atoms with Crippen molar-refractivity contribution < 1.29 is 62.9 Å². The molecule has 0 atom stereocenters. The second-order valence-electron chi connectivity index (χ2n) is 3.99. The van der Waals surface area contributed by atoms with Gasteiger partial charge in [0.1, 0.15) is 6.42 Å². The van der Waals surface area contributed by atoms with Crippen LogP contribution in [0.25, 0.3) is 0 Å². The Kier molecular flexibility index (Phi) is 5.39. The Labute approximate surface area is 119 Å². The Morgan fingerprint density at radius 2 is 1.30 bits per heavy atom. The fourth-order valence-electron chi connectivity index (χ4n) is 0.974. The second kappa shape index (κ2) is 5.79. The van der Waals surface area contributed by atoms with Crippen molar-refractivity contribution >= 4 is 5.97 Å². The van der Waals surface area contributed by atoms with Crippen molar-refractivity contribution in [1.29, 1.82) is 0 Å². The molecule has 0 aromatic carbocycles. The molecule has 0 bridgehead atoms. The highest BCUT2D eigenvalue weighted by Crippen LogP contribution is 2.50. The predicted molar refractivity (Wildman–Crippen MR) is 48.3 cm³/mol. The SMILES string of the molecule is C=C(C(=O)O)C(F)(F)CC(F)(F)OC(F)(F)C(F)(F)C(F)(F)F.